The zero-order chi connectivity index (χ0) is 47.7. The third-order valence-corrected chi connectivity index (χ3v) is 11.9. The second-order valence-electron chi connectivity index (χ2n) is 18.4. The lowest BCUT2D eigenvalue weighted by atomic mass is 10.1. The summed E-state index contributed by atoms with van der Waals surface area (Å²) >= 11 is 0. The number of hydrogen-bond acceptors (Lipinski definition) is 5. The number of carbonyl (C=O) groups is 2. The van der Waals surface area contributed by atoms with Crippen LogP contribution in [0.1, 0.15) is 265 Å². The van der Waals surface area contributed by atoms with Gasteiger partial charge in [-0.15, -0.1) is 0 Å². The van der Waals surface area contributed by atoms with Gasteiger partial charge in [-0.25, -0.2) is 0 Å². The molecule has 0 aromatic heterocycles. The van der Waals surface area contributed by atoms with Crippen LogP contribution in [0, 0.1) is 0 Å². The SMILES string of the molecule is CC/C=C\C/C=C\C/C=C\C/C=C\CCCCCCCCCOCC(COC(=O)CCCCCCCCCCC/C=C\C/C=C\CCCCC)OC(=O)CCCCCCC/C=C\CCCC. The smallest absolute Gasteiger partial charge is 0.306 e. The van der Waals surface area contributed by atoms with Gasteiger partial charge in [0.25, 0.3) is 0 Å². The van der Waals surface area contributed by atoms with E-state index in [0.29, 0.717) is 19.4 Å². The van der Waals surface area contributed by atoms with Gasteiger partial charge in [0.1, 0.15) is 6.61 Å². The standard InChI is InChI=1S/C61H106O5/c1-4-7-10-13-16-19-22-24-26-28-30-32-34-36-38-41-44-47-50-53-56-64-57-59(66-61(63)55-52-49-46-43-39-21-18-15-12-9-6-3)58-65-60(62)54-51-48-45-42-40-37-35-33-31-29-27-25-23-20-17-14-11-8-5-2/h7,10,15-20,24-27,30,32,59H,4-6,8-9,11-14,21-23,28-29,31,33-58H2,1-3H3/b10-7-,18-15-,19-16-,20-17-,26-24-,27-25-,32-30-. The first-order valence-corrected chi connectivity index (χ1v) is 28.1. The van der Waals surface area contributed by atoms with Gasteiger partial charge < -0.3 is 14.2 Å². The highest BCUT2D eigenvalue weighted by Gasteiger charge is 2.17. The lowest BCUT2D eigenvalue weighted by Gasteiger charge is -2.18. The molecule has 66 heavy (non-hydrogen) atoms. The van der Waals surface area contributed by atoms with E-state index >= 15 is 0 Å². The number of carbonyl (C=O) groups excluding carboxylic acids is 2. The van der Waals surface area contributed by atoms with Crippen molar-refractivity contribution in [2.24, 2.45) is 0 Å². The first-order valence-electron chi connectivity index (χ1n) is 28.1. The predicted molar refractivity (Wildman–Crippen MR) is 288 cm³/mol. The van der Waals surface area contributed by atoms with E-state index < -0.39 is 6.10 Å². The molecule has 5 nitrogen and oxygen atoms in total. The molecule has 0 bridgehead atoms. The van der Waals surface area contributed by atoms with Crippen LogP contribution in [0.15, 0.2) is 85.1 Å². The molecule has 0 heterocycles. The van der Waals surface area contributed by atoms with E-state index in [9.17, 15) is 9.59 Å². The number of unbranched alkanes of at least 4 members (excludes halogenated alkanes) is 26. The van der Waals surface area contributed by atoms with Crippen LogP contribution in [0.5, 0.6) is 0 Å². The second-order valence-corrected chi connectivity index (χ2v) is 18.4. The minimum atomic E-state index is -0.551. The molecule has 0 amide bonds. The average Bonchev–Trinajstić information content (AvgIpc) is 3.32. The van der Waals surface area contributed by atoms with E-state index in [1.54, 1.807) is 0 Å². The lowest BCUT2D eigenvalue weighted by molar-refractivity contribution is -0.163. The predicted octanol–water partition coefficient (Wildman–Crippen LogP) is 19.2. The van der Waals surface area contributed by atoms with Gasteiger partial charge in [0.15, 0.2) is 6.10 Å². The van der Waals surface area contributed by atoms with Crippen LogP contribution in [-0.2, 0) is 23.8 Å². The summed E-state index contributed by atoms with van der Waals surface area (Å²) in [5.41, 5.74) is 0. The van der Waals surface area contributed by atoms with Gasteiger partial charge in [0.2, 0.25) is 0 Å². The normalized spacial score (nSPS) is 12.8. The molecule has 0 N–H and O–H groups in total. The minimum absolute atomic E-state index is 0.0726. The van der Waals surface area contributed by atoms with Crippen LogP contribution < -0.4 is 0 Å². The third-order valence-electron chi connectivity index (χ3n) is 11.9. The van der Waals surface area contributed by atoms with E-state index in [0.717, 1.165) is 83.5 Å². The molecule has 0 aromatic rings. The number of ether oxygens (including phenoxy) is 3. The van der Waals surface area contributed by atoms with E-state index in [4.69, 9.17) is 14.2 Å². The van der Waals surface area contributed by atoms with Gasteiger partial charge in [-0.3, -0.25) is 9.59 Å². The van der Waals surface area contributed by atoms with Gasteiger partial charge in [-0.2, -0.15) is 0 Å². The van der Waals surface area contributed by atoms with Crippen molar-refractivity contribution in [2.75, 3.05) is 19.8 Å². The molecular formula is C61H106O5. The van der Waals surface area contributed by atoms with Crippen LogP contribution >= 0.6 is 0 Å². The van der Waals surface area contributed by atoms with Gasteiger partial charge in [-0.1, -0.05) is 228 Å². The highest BCUT2D eigenvalue weighted by Crippen LogP contribution is 2.14. The lowest BCUT2D eigenvalue weighted by Crippen LogP contribution is -2.30. The van der Waals surface area contributed by atoms with Crippen molar-refractivity contribution in [3.63, 3.8) is 0 Å². The minimum Gasteiger partial charge on any atom is -0.462 e. The van der Waals surface area contributed by atoms with E-state index in [2.05, 4.69) is 106 Å². The van der Waals surface area contributed by atoms with Crippen molar-refractivity contribution >= 4 is 11.9 Å². The van der Waals surface area contributed by atoms with Crippen molar-refractivity contribution in [1.29, 1.82) is 0 Å². The maximum absolute atomic E-state index is 12.8. The highest BCUT2D eigenvalue weighted by molar-refractivity contribution is 5.70. The summed E-state index contributed by atoms with van der Waals surface area (Å²) in [6, 6.07) is 0. The maximum atomic E-state index is 12.8. The Morgan fingerprint density at radius 1 is 0.348 bits per heavy atom. The molecular weight excluding hydrogens is 813 g/mol. The Labute approximate surface area is 409 Å². The second kappa shape index (κ2) is 56.4. The topological polar surface area (TPSA) is 61.8 Å². The number of esters is 2. The third kappa shape index (κ3) is 53.7. The summed E-state index contributed by atoms with van der Waals surface area (Å²) in [5.74, 6) is -0.416. The first kappa shape index (κ1) is 63.1. The summed E-state index contributed by atoms with van der Waals surface area (Å²) in [6.45, 7) is 7.63. The summed E-state index contributed by atoms with van der Waals surface area (Å²) in [5, 5.41) is 0. The van der Waals surface area contributed by atoms with Crippen LogP contribution in [0.3, 0.4) is 0 Å². The Kier molecular flexibility index (Phi) is 53.9. The summed E-state index contributed by atoms with van der Waals surface area (Å²) in [7, 11) is 0. The fraction of sp³-hybridized carbons (Fsp3) is 0.738. The van der Waals surface area contributed by atoms with Gasteiger partial charge in [0, 0.05) is 19.4 Å². The Balaban J connectivity index is 4.24. The molecule has 1 atom stereocenters. The fourth-order valence-electron chi connectivity index (χ4n) is 7.69. The van der Waals surface area contributed by atoms with Crippen molar-refractivity contribution in [3.05, 3.63) is 85.1 Å². The van der Waals surface area contributed by atoms with Crippen LogP contribution in [0.25, 0.3) is 0 Å². The van der Waals surface area contributed by atoms with Crippen LogP contribution in [-0.4, -0.2) is 37.9 Å². The van der Waals surface area contributed by atoms with Crippen LogP contribution in [0.4, 0.5) is 0 Å². The molecule has 0 fully saturated rings. The Morgan fingerprint density at radius 3 is 1.15 bits per heavy atom. The number of rotatable bonds is 51. The van der Waals surface area contributed by atoms with E-state index in [1.165, 1.54) is 148 Å². The van der Waals surface area contributed by atoms with Gasteiger partial charge in [-0.05, 0) is 109 Å². The largest absolute Gasteiger partial charge is 0.462 e. The molecule has 0 aromatic carbocycles. The quantitative estimate of drug-likeness (QED) is 0.0346. The molecule has 0 rings (SSSR count). The Morgan fingerprint density at radius 2 is 0.697 bits per heavy atom. The first-order chi connectivity index (χ1) is 32.6. The summed E-state index contributed by atoms with van der Waals surface area (Å²) < 4.78 is 17.4. The molecule has 0 aliphatic heterocycles. The molecule has 0 aliphatic rings. The summed E-state index contributed by atoms with van der Waals surface area (Å²) in [4.78, 5) is 25.4. The molecule has 0 radical (unpaired) electrons. The maximum Gasteiger partial charge on any atom is 0.306 e. The van der Waals surface area contributed by atoms with Gasteiger partial charge in [0.05, 0.1) is 6.61 Å². The molecule has 5 heteroatoms. The molecule has 0 saturated carbocycles. The molecule has 0 aliphatic carbocycles. The molecule has 1 unspecified atom stereocenters. The zero-order valence-electron chi connectivity index (χ0n) is 43.7. The van der Waals surface area contributed by atoms with E-state index in [1.807, 2.05) is 0 Å². The summed E-state index contributed by atoms with van der Waals surface area (Å²) in [6.07, 6.45) is 74.6. The van der Waals surface area contributed by atoms with Gasteiger partial charge >= 0.3 is 11.9 Å². The molecule has 380 valence electrons. The van der Waals surface area contributed by atoms with Crippen molar-refractivity contribution in [1.82, 2.24) is 0 Å². The average molecular weight is 920 g/mol. The molecule has 0 saturated heterocycles. The number of hydrogen-bond donors (Lipinski definition) is 0. The number of allylic oxidation sites excluding steroid dienone is 14. The highest BCUT2D eigenvalue weighted by atomic mass is 16.6. The van der Waals surface area contributed by atoms with Crippen molar-refractivity contribution < 1.29 is 23.8 Å². The van der Waals surface area contributed by atoms with Crippen molar-refractivity contribution in [2.45, 2.75) is 271 Å². The monoisotopic (exact) mass is 919 g/mol. The van der Waals surface area contributed by atoms with Crippen molar-refractivity contribution in [3.8, 4) is 0 Å². The molecule has 0 spiro atoms. The Bertz CT molecular complexity index is 1220. The fourth-order valence-corrected chi connectivity index (χ4v) is 7.69. The Hall–Kier alpha value is -2.92. The van der Waals surface area contributed by atoms with E-state index in [-0.39, 0.29) is 25.2 Å². The van der Waals surface area contributed by atoms with Crippen LogP contribution in [0.2, 0.25) is 0 Å². The zero-order valence-corrected chi connectivity index (χ0v) is 43.7.